The molecular weight excluding hydrogens is 394 g/mol. The number of carbonyl (C=O) groups excluding carboxylic acids is 2. The van der Waals surface area contributed by atoms with Crippen LogP contribution in [0.15, 0.2) is 36.4 Å². The number of hydrogen-bond donors (Lipinski definition) is 1. The van der Waals surface area contributed by atoms with E-state index in [-0.39, 0.29) is 30.2 Å². The Kier molecular flexibility index (Phi) is 5.57. The van der Waals surface area contributed by atoms with Gasteiger partial charge in [0.25, 0.3) is 5.91 Å². The van der Waals surface area contributed by atoms with E-state index in [0.29, 0.717) is 43.5 Å². The number of piperidine rings is 1. The Morgan fingerprint density at radius 3 is 2.53 bits per heavy atom. The first-order valence-corrected chi connectivity index (χ1v) is 9.86. The predicted molar refractivity (Wildman–Crippen MR) is 104 cm³/mol. The number of carbonyl (C=O) groups is 2. The van der Waals surface area contributed by atoms with Gasteiger partial charge in [-0.1, -0.05) is 6.07 Å². The first-order chi connectivity index (χ1) is 14.4. The number of likely N-dealkylation sites (tertiary alicyclic amines) is 1. The van der Waals surface area contributed by atoms with E-state index < -0.39 is 17.5 Å². The minimum Gasteiger partial charge on any atom is -0.454 e. The highest BCUT2D eigenvalue weighted by Crippen LogP contribution is 2.34. The van der Waals surface area contributed by atoms with Gasteiger partial charge in [-0.25, -0.2) is 8.78 Å². The molecule has 0 saturated carbocycles. The number of halogens is 2. The zero-order valence-electron chi connectivity index (χ0n) is 16.5. The fourth-order valence-electron chi connectivity index (χ4n) is 3.78. The minimum atomic E-state index is -0.877. The third-order valence-electron chi connectivity index (χ3n) is 5.57. The maximum absolute atomic E-state index is 13.9. The smallest absolute Gasteiger partial charge is 0.256 e. The first kappa shape index (κ1) is 20.1. The predicted octanol–water partition coefficient (Wildman–Crippen LogP) is 3.42. The van der Waals surface area contributed by atoms with E-state index in [9.17, 15) is 18.4 Å². The van der Waals surface area contributed by atoms with E-state index in [1.165, 1.54) is 4.90 Å². The van der Waals surface area contributed by atoms with Gasteiger partial charge >= 0.3 is 0 Å². The summed E-state index contributed by atoms with van der Waals surface area (Å²) in [5, 5.41) is 3.01. The van der Waals surface area contributed by atoms with Gasteiger partial charge in [0.2, 0.25) is 12.7 Å². The molecule has 0 bridgehead atoms. The zero-order chi connectivity index (χ0) is 21.3. The van der Waals surface area contributed by atoms with Crippen LogP contribution < -0.4 is 14.8 Å². The molecule has 1 saturated heterocycles. The topological polar surface area (TPSA) is 67.9 Å². The van der Waals surface area contributed by atoms with Crippen LogP contribution in [0.2, 0.25) is 0 Å². The highest BCUT2D eigenvalue weighted by molar-refractivity contribution is 5.94. The van der Waals surface area contributed by atoms with Crippen molar-refractivity contribution >= 4 is 11.8 Å². The van der Waals surface area contributed by atoms with Crippen molar-refractivity contribution in [2.45, 2.75) is 25.8 Å². The van der Waals surface area contributed by atoms with Gasteiger partial charge in [-0.3, -0.25) is 9.59 Å². The van der Waals surface area contributed by atoms with E-state index in [4.69, 9.17) is 9.47 Å². The minimum absolute atomic E-state index is 0.0831. The van der Waals surface area contributed by atoms with Crippen LogP contribution >= 0.6 is 0 Å². The highest BCUT2D eigenvalue weighted by atomic mass is 19.1. The van der Waals surface area contributed by atoms with Crippen molar-refractivity contribution in [3.8, 4) is 11.5 Å². The summed E-state index contributed by atoms with van der Waals surface area (Å²) in [7, 11) is 0. The van der Waals surface area contributed by atoms with Crippen molar-refractivity contribution in [3.63, 3.8) is 0 Å². The van der Waals surface area contributed by atoms with Gasteiger partial charge in [-0.05, 0) is 49.6 Å². The van der Waals surface area contributed by atoms with Crippen LogP contribution in [0.5, 0.6) is 11.5 Å². The van der Waals surface area contributed by atoms with Gasteiger partial charge in [0, 0.05) is 25.1 Å². The number of hydrogen-bond acceptors (Lipinski definition) is 4. The fourth-order valence-corrected chi connectivity index (χ4v) is 3.78. The van der Waals surface area contributed by atoms with Crippen molar-refractivity contribution in [1.82, 2.24) is 10.2 Å². The average Bonchev–Trinajstić information content (AvgIpc) is 3.21. The molecule has 2 heterocycles. The monoisotopic (exact) mass is 416 g/mol. The van der Waals surface area contributed by atoms with Crippen molar-refractivity contribution in [2.75, 3.05) is 19.9 Å². The summed E-state index contributed by atoms with van der Waals surface area (Å²) in [6, 6.07) is 8.26. The molecule has 1 atom stereocenters. The maximum Gasteiger partial charge on any atom is 0.256 e. The van der Waals surface area contributed by atoms with E-state index in [2.05, 4.69) is 5.32 Å². The van der Waals surface area contributed by atoms with E-state index in [0.717, 1.165) is 17.7 Å². The second kappa shape index (κ2) is 8.30. The molecular formula is C22H22F2N2O4. The molecule has 2 aromatic carbocycles. The Labute approximate surface area is 172 Å². The molecule has 2 amide bonds. The maximum atomic E-state index is 13.9. The molecule has 1 unspecified atom stereocenters. The van der Waals surface area contributed by atoms with Gasteiger partial charge < -0.3 is 19.7 Å². The molecule has 0 radical (unpaired) electrons. The van der Waals surface area contributed by atoms with Crippen LogP contribution in [0.1, 0.15) is 41.7 Å². The van der Waals surface area contributed by atoms with Crippen LogP contribution in [0.4, 0.5) is 8.78 Å². The third kappa shape index (κ3) is 4.08. The summed E-state index contributed by atoms with van der Waals surface area (Å²) >= 11 is 0. The second-order valence-electron chi connectivity index (χ2n) is 7.53. The number of amides is 2. The summed E-state index contributed by atoms with van der Waals surface area (Å²) in [4.78, 5) is 26.7. The summed E-state index contributed by atoms with van der Waals surface area (Å²) in [6.07, 6.45) is 0.961. The third-order valence-corrected chi connectivity index (χ3v) is 5.57. The number of benzene rings is 2. The number of rotatable bonds is 4. The molecule has 158 valence electrons. The SMILES string of the molecule is CC(NC(=O)C1CCN(C(=O)c2ccc(F)cc2F)CC1)c1ccc2c(c1)OCO2. The number of nitrogens with one attached hydrogen (secondary N) is 1. The Balaban J connectivity index is 1.32. The van der Waals surface area contributed by atoms with Gasteiger partial charge in [0.1, 0.15) is 11.6 Å². The molecule has 0 spiro atoms. The molecule has 1 N–H and O–H groups in total. The average molecular weight is 416 g/mol. The lowest BCUT2D eigenvalue weighted by Crippen LogP contribution is -2.43. The van der Waals surface area contributed by atoms with Gasteiger partial charge in [-0.2, -0.15) is 0 Å². The molecule has 8 heteroatoms. The highest BCUT2D eigenvalue weighted by Gasteiger charge is 2.29. The van der Waals surface area contributed by atoms with Crippen LogP contribution in [0.25, 0.3) is 0 Å². The molecule has 1 fully saturated rings. The standard InChI is InChI=1S/C22H22F2N2O4/c1-13(15-2-5-19-20(10-15)30-12-29-19)25-21(27)14-6-8-26(9-7-14)22(28)17-4-3-16(23)11-18(17)24/h2-5,10-11,13-14H,6-9,12H2,1H3,(H,25,27). The van der Waals surface area contributed by atoms with Gasteiger partial charge in [-0.15, -0.1) is 0 Å². The zero-order valence-corrected chi connectivity index (χ0v) is 16.5. The largest absolute Gasteiger partial charge is 0.454 e. The molecule has 4 rings (SSSR count). The molecule has 2 aromatic rings. The van der Waals surface area contributed by atoms with Crippen LogP contribution in [-0.2, 0) is 4.79 Å². The Morgan fingerprint density at radius 1 is 1.07 bits per heavy atom. The Hall–Kier alpha value is -3.16. The van der Waals surface area contributed by atoms with Crippen molar-refractivity contribution < 1.29 is 27.8 Å². The van der Waals surface area contributed by atoms with Crippen LogP contribution in [0.3, 0.4) is 0 Å². The van der Waals surface area contributed by atoms with E-state index >= 15 is 0 Å². The molecule has 2 aliphatic heterocycles. The first-order valence-electron chi connectivity index (χ1n) is 9.86. The number of ether oxygens (including phenoxy) is 2. The molecule has 6 nitrogen and oxygen atoms in total. The number of nitrogens with zero attached hydrogens (tertiary/aromatic N) is 1. The van der Waals surface area contributed by atoms with E-state index in [1.807, 2.05) is 25.1 Å². The van der Waals surface area contributed by atoms with Crippen molar-refractivity contribution in [1.29, 1.82) is 0 Å². The second-order valence-corrected chi connectivity index (χ2v) is 7.53. The van der Waals surface area contributed by atoms with Gasteiger partial charge in [0.15, 0.2) is 11.5 Å². The van der Waals surface area contributed by atoms with Crippen molar-refractivity contribution in [3.05, 3.63) is 59.2 Å². The van der Waals surface area contributed by atoms with Gasteiger partial charge in [0.05, 0.1) is 11.6 Å². The fraction of sp³-hybridized carbons (Fsp3) is 0.364. The molecule has 0 aliphatic carbocycles. The molecule has 2 aliphatic rings. The normalized spacial score (nSPS) is 17.0. The lowest BCUT2D eigenvalue weighted by atomic mass is 9.94. The lowest BCUT2D eigenvalue weighted by molar-refractivity contribution is -0.127. The van der Waals surface area contributed by atoms with Crippen LogP contribution in [-0.4, -0.2) is 36.6 Å². The van der Waals surface area contributed by atoms with Crippen LogP contribution in [0, 0.1) is 17.6 Å². The lowest BCUT2D eigenvalue weighted by Gasteiger charge is -2.32. The summed E-state index contributed by atoms with van der Waals surface area (Å²) in [5.41, 5.74) is 0.753. The van der Waals surface area contributed by atoms with Crippen molar-refractivity contribution in [2.24, 2.45) is 5.92 Å². The Bertz CT molecular complexity index is 974. The quantitative estimate of drug-likeness (QED) is 0.829. The Morgan fingerprint density at radius 2 is 1.80 bits per heavy atom. The molecule has 0 aromatic heterocycles. The number of fused-ring (bicyclic) bond motifs is 1. The summed E-state index contributed by atoms with van der Waals surface area (Å²) in [5.74, 6) is -1.06. The van der Waals surface area contributed by atoms with E-state index in [1.54, 1.807) is 0 Å². The molecule has 30 heavy (non-hydrogen) atoms. The summed E-state index contributed by atoms with van der Waals surface area (Å²) in [6.45, 7) is 2.77. The summed E-state index contributed by atoms with van der Waals surface area (Å²) < 4.78 is 37.6.